The van der Waals surface area contributed by atoms with Crippen LogP contribution in [0.4, 0.5) is 10.1 Å². The van der Waals surface area contributed by atoms with E-state index in [1.54, 1.807) is 24.3 Å². The summed E-state index contributed by atoms with van der Waals surface area (Å²) in [5, 5.41) is 19.8. The van der Waals surface area contributed by atoms with E-state index in [-0.39, 0.29) is 17.2 Å². The quantitative estimate of drug-likeness (QED) is 0.688. The summed E-state index contributed by atoms with van der Waals surface area (Å²) in [7, 11) is 0. The maximum atomic E-state index is 13.2. The van der Waals surface area contributed by atoms with Crippen molar-refractivity contribution in [3.8, 4) is 0 Å². The summed E-state index contributed by atoms with van der Waals surface area (Å²) in [6.45, 7) is -0.0644. The fraction of sp³-hybridized carbons (Fsp3) is 0.0769. The third-order valence-corrected chi connectivity index (χ3v) is 3.51. The van der Waals surface area contributed by atoms with Crippen LogP contribution in [0.2, 0.25) is 0 Å². The van der Waals surface area contributed by atoms with Gasteiger partial charge in [-0.2, -0.15) is 0 Å². The molecule has 2 aromatic rings. The van der Waals surface area contributed by atoms with E-state index in [4.69, 9.17) is 5.11 Å². The summed E-state index contributed by atoms with van der Waals surface area (Å²) in [5.41, 5.74) is 0.621. The molecule has 0 saturated carbocycles. The molecule has 6 heteroatoms. The molecule has 0 aliphatic heterocycles. The van der Waals surface area contributed by atoms with Crippen molar-refractivity contribution in [2.24, 2.45) is 0 Å². The molecule has 0 bridgehead atoms. The van der Waals surface area contributed by atoms with E-state index in [9.17, 15) is 14.5 Å². The first-order valence-electron chi connectivity index (χ1n) is 5.42. The van der Waals surface area contributed by atoms with E-state index >= 15 is 0 Å². The zero-order valence-corrected chi connectivity index (χ0v) is 10.6. The molecule has 0 fully saturated rings. The molecule has 1 N–H and O–H groups in total. The predicted octanol–water partition coefficient (Wildman–Crippen LogP) is 3.38. The number of nitro groups is 1. The Morgan fingerprint density at radius 2 is 1.89 bits per heavy atom. The number of halogens is 1. The second kappa shape index (κ2) is 5.81. The minimum atomic E-state index is -0.538. The molecule has 2 rings (SSSR count). The number of aliphatic hydroxyl groups excluding tert-OH is 1. The Hall–Kier alpha value is -1.92. The van der Waals surface area contributed by atoms with E-state index in [0.29, 0.717) is 0 Å². The monoisotopic (exact) mass is 279 g/mol. The van der Waals surface area contributed by atoms with Crippen LogP contribution in [0, 0.1) is 15.9 Å². The lowest BCUT2D eigenvalue weighted by molar-refractivity contribution is -0.387. The zero-order valence-electron chi connectivity index (χ0n) is 9.75. The molecule has 0 saturated heterocycles. The van der Waals surface area contributed by atoms with Gasteiger partial charge in [-0.05, 0) is 29.8 Å². The van der Waals surface area contributed by atoms with Crippen molar-refractivity contribution >= 4 is 17.4 Å². The summed E-state index contributed by atoms with van der Waals surface area (Å²) in [4.78, 5) is 11.3. The van der Waals surface area contributed by atoms with Crippen LogP contribution in [0.1, 0.15) is 5.56 Å². The third kappa shape index (κ3) is 3.30. The largest absolute Gasteiger partial charge is 0.392 e. The Kier molecular flexibility index (Phi) is 4.13. The Balaban J connectivity index is 2.31. The molecular formula is C13H10FNO3S. The van der Waals surface area contributed by atoms with E-state index in [0.717, 1.165) is 40.4 Å². The predicted molar refractivity (Wildman–Crippen MR) is 69.5 cm³/mol. The van der Waals surface area contributed by atoms with Crippen LogP contribution in [0.5, 0.6) is 0 Å². The molecule has 0 spiro atoms. The molecule has 0 aromatic heterocycles. The molecule has 4 nitrogen and oxygen atoms in total. The maximum absolute atomic E-state index is 13.2. The first kappa shape index (κ1) is 13.5. The average molecular weight is 279 g/mol. The van der Waals surface area contributed by atoms with Crippen LogP contribution in [0.15, 0.2) is 52.3 Å². The number of nitro benzene ring substituents is 1. The highest BCUT2D eigenvalue weighted by Crippen LogP contribution is 2.35. The second-order valence-corrected chi connectivity index (χ2v) is 4.89. The average Bonchev–Trinajstić information content (AvgIpc) is 2.39. The van der Waals surface area contributed by atoms with Crippen LogP contribution in [0.3, 0.4) is 0 Å². The minimum Gasteiger partial charge on any atom is -0.392 e. The van der Waals surface area contributed by atoms with Gasteiger partial charge in [-0.25, -0.2) is 4.39 Å². The van der Waals surface area contributed by atoms with Gasteiger partial charge in [-0.1, -0.05) is 23.9 Å². The highest BCUT2D eigenvalue weighted by atomic mass is 32.2. The molecule has 0 aliphatic carbocycles. The lowest BCUT2D eigenvalue weighted by Crippen LogP contribution is -1.91. The van der Waals surface area contributed by atoms with Crippen molar-refractivity contribution in [3.05, 3.63) is 64.0 Å². The van der Waals surface area contributed by atoms with Crippen LogP contribution in [-0.2, 0) is 6.61 Å². The van der Waals surface area contributed by atoms with Crippen LogP contribution in [-0.4, -0.2) is 10.0 Å². The molecule has 19 heavy (non-hydrogen) atoms. The SMILES string of the molecule is O=[N+]([O-])c1ccc(F)cc1Sc1ccc(CO)cc1. The Morgan fingerprint density at radius 1 is 1.21 bits per heavy atom. The zero-order chi connectivity index (χ0) is 13.8. The van der Waals surface area contributed by atoms with Gasteiger partial charge in [0, 0.05) is 11.0 Å². The number of rotatable bonds is 4. The Bertz CT molecular complexity index is 601. The summed E-state index contributed by atoms with van der Waals surface area (Å²) >= 11 is 1.11. The molecule has 98 valence electrons. The highest BCUT2D eigenvalue weighted by molar-refractivity contribution is 7.99. The smallest absolute Gasteiger partial charge is 0.283 e. The number of hydrogen-bond acceptors (Lipinski definition) is 4. The van der Waals surface area contributed by atoms with E-state index in [1.807, 2.05) is 0 Å². The fourth-order valence-electron chi connectivity index (χ4n) is 1.51. The summed E-state index contributed by atoms with van der Waals surface area (Å²) < 4.78 is 13.2. The number of nitrogens with zero attached hydrogens (tertiary/aromatic N) is 1. The molecule has 0 atom stereocenters. The lowest BCUT2D eigenvalue weighted by atomic mass is 10.2. The standard InChI is InChI=1S/C13H10FNO3S/c14-10-3-6-12(15(17)18)13(7-10)19-11-4-1-9(8-16)2-5-11/h1-7,16H,8H2. The van der Waals surface area contributed by atoms with Gasteiger partial charge in [0.15, 0.2) is 0 Å². The van der Waals surface area contributed by atoms with Crippen molar-refractivity contribution in [2.75, 3.05) is 0 Å². The van der Waals surface area contributed by atoms with E-state index in [1.165, 1.54) is 0 Å². The molecule has 0 heterocycles. The fourth-order valence-corrected chi connectivity index (χ4v) is 2.46. The summed E-state index contributed by atoms with van der Waals surface area (Å²) in [5.74, 6) is -0.514. The summed E-state index contributed by atoms with van der Waals surface area (Å²) in [6.07, 6.45) is 0. The molecular weight excluding hydrogens is 269 g/mol. The normalized spacial score (nSPS) is 10.4. The Labute approximate surface area is 113 Å². The topological polar surface area (TPSA) is 63.4 Å². The minimum absolute atomic E-state index is 0.0644. The van der Waals surface area contributed by atoms with Crippen LogP contribution < -0.4 is 0 Å². The maximum Gasteiger partial charge on any atom is 0.283 e. The molecule has 0 radical (unpaired) electrons. The van der Waals surface area contributed by atoms with Gasteiger partial charge in [0.25, 0.3) is 5.69 Å². The van der Waals surface area contributed by atoms with Crippen LogP contribution in [0.25, 0.3) is 0 Å². The Morgan fingerprint density at radius 3 is 2.47 bits per heavy atom. The van der Waals surface area contributed by atoms with Crippen LogP contribution >= 0.6 is 11.8 Å². The van der Waals surface area contributed by atoms with E-state index < -0.39 is 10.7 Å². The van der Waals surface area contributed by atoms with Gasteiger partial charge in [-0.3, -0.25) is 10.1 Å². The highest BCUT2D eigenvalue weighted by Gasteiger charge is 2.15. The third-order valence-electron chi connectivity index (χ3n) is 2.45. The van der Waals surface area contributed by atoms with Gasteiger partial charge in [0.1, 0.15) is 5.82 Å². The van der Waals surface area contributed by atoms with Crippen molar-refractivity contribution < 1.29 is 14.4 Å². The second-order valence-electron chi connectivity index (χ2n) is 3.77. The first-order valence-corrected chi connectivity index (χ1v) is 6.23. The molecule has 2 aromatic carbocycles. The number of benzene rings is 2. The van der Waals surface area contributed by atoms with Gasteiger partial charge >= 0.3 is 0 Å². The van der Waals surface area contributed by atoms with E-state index in [2.05, 4.69) is 0 Å². The number of aliphatic hydroxyl groups is 1. The van der Waals surface area contributed by atoms with Crippen molar-refractivity contribution in [2.45, 2.75) is 16.4 Å². The molecule has 0 amide bonds. The van der Waals surface area contributed by atoms with Crippen molar-refractivity contribution in [1.29, 1.82) is 0 Å². The van der Waals surface area contributed by atoms with Crippen molar-refractivity contribution in [3.63, 3.8) is 0 Å². The van der Waals surface area contributed by atoms with Gasteiger partial charge in [0.05, 0.1) is 16.4 Å². The lowest BCUT2D eigenvalue weighted by Gasteiger charge is -2.04. The van der Waals surface area contributed by atoms with Crippen molar-refractivity contribution in [1.82, 2.24) is 0 Å². The summed E-state index contributed by atoms with van der Waals surface area (Å²) in [6, 6.07) is 10.2. The number of hydrogen-bond donors (Lipinski definition) is 1. The van der Waals surface area contributed by atoms with Gasteiger partial charge in [0.2, 0.25) is 0 Å². The molecule has 0 aliphatic rings. The van der Waals surface area contributed by atoms with Gasteiger partial charge in [-0.15, -0.1) is 0 Å². The first-order chi connectivity index (χ1) is 9.10. The van der Waals surface area contributed by atoms with Gasteiger partial charge < -0.3 is 5.11 Å². The molecule has 0 unspecified atom stereocenters.